The van der Waals surface area contributed by atoms with Gasteiger partial charge in [-0.3, -0.25) is 0 Å². The number of rotatable bonds is 3. The number of halogens is 1. The van der Waals surface area contributed by atoms with E-state index in [2.05, 4.69) is 4.98 Å². The lowest BCUT2D eigenvalue weighted by Crippen LogP contribution is -1.96. The van der Waals surface area contributed by atoms with Gasteiger partial charge >= 0.3 is 0 Å². The summed E-state index contributed by atoms with van der Waals surface area (Å²) in [6.45, 7) is 2.34. The van der Waals surface area contributed by atoms with Crippen LogP contribution in [0.3, 0.4) is 0 Å². The molecular weight excluding hydrogens is 241 g/mol. The third-order valence-electron chi connectivity index (χ3n) is 3.21. The number of nitrogens with one attached hydrogen (secondary N) is 1. The monoisotopic (exact) mass is 255 g/mol. The first-order chi connectivity index (χ1) is 9.25. The van der Waals surface area contributed by atoms with E-state index in [9.17, 15) is 4.39 Å². The van der Waals surface area contributed by atoms with Crippen molar-refractivity contribution in [1.82, 2.24) is 4.98 Å². The molecule has 1 aromatic heterocycles. The molecular formula is C16H14FNO. The van der Waals surface area contributed by atoms with Crippen molar-refractivity contribution in [2.24, 2.45) is 0 Å². The Labute approximate surface area is 110 Å². The zero-order valence-corrected chi connectivity index (χ0v) is 10.6. The Kier molecular flexibility index (Phi) is 2.95. The zero-order valence-electron chi connectivity index (χ0n) is 10.6. The Hall–Kier alpha value is -2.29. The second-order valence-corrected chi connectivity index (χ2v) is 4.53. The zero-order chi connectivity index (χ0) is 13.2. The van der Waals surface area contributed by atoms with Crippen molar-refractivity contribution in [3.8, 4) is 5.75 Å². The summed E-state index contributed by atoms with van der Waals surface area (Å²) in [5, 5.41) is 0.607. The molecule has 0 saturated carbocycles. The molecule has 0 amide bonds. The number of hydrogen-bond acceptors (Lipinski definition) is 1. The lowest BCUT2D eigenvalue weighted by Gasteiger charge is -2.08. The number of hydrogen-bond donors (Lipinski definition) is 1. The fourth-order valence-corrected chi connectivity index (χ4v) is 2.20. The lowest BCUT2D eigenvalue weighted by molar-refractivity contribution is 0.305. The van der Waals surface area contributed by atoms with Crippen LogP contribution in [0.2, 0.25) is 0 Å². The summed E-state index contributed by atoms with van der Waals surface area (Å²) in [7, 11) is 0. The fourth-order valence-electron chi connectivity index (χ4n) is 2.20. The van der Waals surface area contributed by atoms with Crippen LogP contribution in [0.25, 0.3) is 10.9 Å². The second kappa shape index (κ2) is 4.76. The molecule has 0 radical (unpaired) electrons. The summed E-state index contributed by atoms with van der Waals surface area (Å²) >= 11 is 0. The molecule has 3 heteroatoms. The highest BCUT2D eigenvalue weighted by atomic mass is 19.1. The van der Waals surface area contributed by atoms with Crippen molar-refractivity contribution in [3.63, 3.8) is 0 Å². The first-order valence-corrected chi connectivity index (χ1v) is 6.18. The van der Waals surface area contributed by atoms with Crippen LogP contribution in [-0.2, 0) is 6.61 Å². The minimum Gasteiger partial charge on any atom is -0.489 e. The van der Waals surface area contributed by atoms with E-state index in [1.807, 2.05) is 37.3 Å². The average Bonchev–Trinajstić information content (AvgIpc) is 2.83. The summed E-state index contributed by atoms with van der Waals surface area (Å²) in [5.41, 5.74) is 2.70. The Bertz CT molecular complexity index is 718. The summed E-state index contributed by atoms with van der Waals surface area (Å²) in [6.07, 6.45) is 1.80. The Morgan fingerprint density at radius 2 is 1.95 bits per heavy atom. The molecule has 0 fully saturated rings. The van der Waals surface area contributed by atoms with Gasteiger partial charge in [-0.15, -0.1) is 0 Å². The molecule has 0 aliphatic carbocycles. The molecule has 0 atom stereocenters. The Balaban J connectivity index is 1.89. The number of aryl methyl sites for hydroxylation is 1. The van der Waals surface area contributed by atoms with Crippen LogP contribution in [0.5, 0.6) is 5.75 Å². The molecule has 19 heavy (non-hydrogen) atoms. The van der Waals surface area contributed by atoms with E-state index in [1.165, 1.54) is 6.07 Å². The molecule has 3 aromatic rings. The van der Waals surface area contributed by atoms with Crippen molar-refractivity contribution in [3.05, 3.63) is 65.6 Å². The normalized spacial score (nSPS) is 10.8. The first kappa shape index (κ1) is 11.8. The third-order valence-corrected chi connectivity index (χ3v) is 3.21. The van der Waals surface area contributed by atoms with Crippen LogP contribution < -0.4 is 4.74 Å². The molecule has 2 aromatic carbocycles. The van der Waals surface area contributed by atoms with Crippen molar-refractivity contribution in [2.75, 3.05) is 0 Å². The van der Waals surface area contributed by atoms with Gasteiger partial charge in [0.15, 0.2) is 0 Å². The lowest BCUT2D eigenvalue weighted by atomic mass is 10.1. The van der Waals surface area contributed by atoms with Crippen LogP contribution >= 0.6 is 0 Å². The standard InChI is InChI=1S/C16H14FNO/c1-11-5-2-3-8-15(11)19-10-12-9-18-14-7-4-6-13(17)16(12)14/h2-9,18H,10H2,1H3. The number of H-pyrrole nitrogens is 1. The van der Waals surface area contributed by atoms with E-state index in [4.69, 9.17) is 4.74 Å². The van der Waals surface area contributed by atoms with Crippen LogP contribution in [0.15, 0.2) is 48.7 Å². The van der Waals surface area contributed by atoms with Crippen LogP contribution in [0, 0.1) is 12.7 Å². The highest BCUT2D eigenvalue weighted by Gasteiger charge is 2.09. The summed E-state index contributed by atoms with van der Waals surface area (Å²) < 4.78 is 19.6. The number of benzene rings is 2. The summed E-state index contributed by atoms with van der Waals surface area (Å²) in [4.78, 5) is 3.06. The van der Waals surface area contributed by atoms with Crippen molar-refractivity contribution < 1.29 is 9.13 Å². The molecule has 0 aliphatic heterocycles. The minimum atomic E-state index is -0.220. The Morgan fingerprint density at radius 3 is 2.79 bits per heavy atom. The molecule has 0 unspecified atom stereocenters. The van der Waals surface area contributed by atoms with Crippen molar-refractivity contribution in [2.45, 2.75) is 13.5 Å². The maximum Gasteiger partial charge on any atom is 0.132 e. The smallest absolute Gasteiger partial charge is 0.132 e. The topological polar surface area (TPSA) is 25.0 Å². The van der Waals surface area contributed by atoms with Gasteiger partial charge in [-0.05, 0) is 30.7 Å². The molecule has 0 bridgehead atoms. The Morgan fingerprint density at radius 1 is 1.11 bits per heavy atom. The minimum absolute atomic E-state index is 0.220. The molecule has 1 N–H and O–H groups in total. The number of fused-ring (bicyclic) bond motifs is 1. The number of aromatic amines is 1. The van der Waals surface area contributed by atoms with Crippen molar-refractivity contribution >= 4 is 10.9 Å². The van der Waals surface area contributed by atoms with Crippen LogP contribution in [0.1, 0.15) is 11.1 Å². The van der Waals surface area contributed by atoms with Gasteiger partial charge in [0.05, 0.1) is 0 Å². The molecule has 1 heterocycles. The molecule has 3 rings (SSSR count). The molecule has 2 nitrogen and oxygen atoms in total. The third kappa shape index (κ3) is 2.19. The van der Waals surface area contributed by atoms with E-state index in [0.717, 1.165) is 22.4 Å². The highest BCUT2D eigenvalue weighted by molar-refractivity contribution is 5.83. The fraction of sp³-hybridized carbons (Fsp3) is 0.125. The van der Waals surface area contributed by atoms with Crippen LogP contribution in [0.4, 0.5) is 4.39 Å². The van der Waals surface area contributed by atoms with E-state index < -0.39 is 0 Å². The van der Waals surface area contributed by atoms with E-state index in [1.54, 1.807) is 12.3 Å². The van der Waals surface area contributed by atoms with Gasteiger partial charge in [0.25, 0.3) is 0 Å². The summed E-state index contributed by atoms with van der Waals surface area (Å²) in [5.74, 6) is 0.607. The molecule has 0 aliphatic rings. The largest absolute Gasteiger partial charge is 0.489 e. The van der Waals surface area contributed by atoms with E-state index >= 15 is 0 Å². The summed E-state index contributed by atoms with van der Waals surface area (Å²) in [6, 6.07) is 12.8. The first-order valence-electron chi connectivity index (χ1n) is 6.18. The predicted molar refractivity (Wildman–Crippen MR) is 73.8 cm³/mol. The maximum atomic E-state index is 13.8. The van der Waals surface area contributed by atoms with Gasteiger partial charge in [0.2, 0.25) is 0 Å². The number of para-hydroxylation sites is 1. The highest BCUT2D eigenvalue weighted by Crippen LogP contribution is 2.24. The molecule has 0 saturated heterocycles. The van der Waals surface area contributed by atoms with Gasteiger partial charge in [-0.1, -0.05) is 24.3 Å². The second-order valence-electron chi connectivity index (χ2n) is 4.53. The average molecular weight is 255 g/mol. The van der Waals surface area contributed by atoms with Gasteiger partial charge in [0, 0.05) is 22.7 Å². The number of ether oxygens (including phenoxy) is 1. The van der Waals surface area contributed by atoms with E-state index in [-0.39, 0.29) is 5.82 Å². The van der Waals surface area contributed by atoms with Gasteiger partial charge in [-0.25, -0.2) is 4.39 Å². The number of aromatic nitrogens is 1. The quantitative estimate of drug-likeness (QED) is 0.745. The molecule has 96 valence electrons. The molecule has 0 spiro atoms. The van der Waals surface area contributed by atoms with Crippen LogP contribution in [-0.4, -0.2) is 4.98 Å². The predicted octanol–water partition coefficient (Wildman–Crippen LogP) is 4.19. The van der Waals surface area contributed by atoms with Crippen molar-refractivity contribution in [1.29, 1.82) is 0 Å². The SMILES string of the molecule is Cc1ccccc1OCc1c[nH]c2cccc(F)c12. The van der Waals surface area contributed by atoms with Gasteiger partial charge in [0.1, 0.15) is 18.2 Å². The van der Waals surface area contributed by atoms with E-state index in [0.29, 0.717) is 12.0 Å². The van der Waals surface area contributed by atoms with Gasteiger partial charge in [-0.2, -0.15) is 0 Å². The van der Waals surface area contributed by atoms with Gasteiger partial charge < -0.3 is 9.72 Å². The maximum absolute atomic E-state index is 13.8.